The van der Waals surface area contributed by atoms with Crippen LogP contribution < -0.4 is 11.1 Å². The predicted octanol–water partition coefficient (Wildman–Crippen LogP) is 3.30. The maximum atomic E-state index is 13.6. The number of hydrogen-bond acceptors (Lipinski definition) is 2. The summed E-state index contributed by atoms with van der Waals surface area (Å²) in [4.78, 5) is 12.0. The molecule has 1 aliphatic carbocycles. The second-order valence-electron chi connectivity index (χ2n) is 5.31. The van der Waals surface area contributed by atoms with E-state index in [0.717, 1.165) is 12.8 Å². The maximum absolute atomic E-state index is 13.6. The predicted molar refractivity (Wildman–Crippen MR) is 70.0 cm³/mol. The first-order valence-electron chi connectivity index (χ1n) is 6.70. The first kappa shape index (κ1) is 15.8. The molecule has 0 radical (unpaired) electrons. The van der Waals surface area contributed by atoms with Crippen molar-refractivity contribution in [1.29, 1.82) is 0 Å². The Balaban J connectivity index is 2.13. The summed E-state index contributed by atoms with van der Waals surface area (Å²) in [5.41, 5.74) is 4.31. The van der Waals surface area contributed by atoms with Crippen LogP contribution in [0, 0.1) is 11.7 Å². The standard InChI is InChI=1S/C14H16F4N2O/c15-11-5-4-9(14(16,17)18)7-12(11)20-13(21)8-2-1-3-10(19)6-8/h4-5,7-8,10H,1-3,6,19H2,(H,20,21). The quantitative estimate of drug-likeness (QED) is 0.824. The van der Waals surface area contributed by atoms with Crippen molar-refractivity contribution in [3.8, 4) is 0 Å². The van der Waals surface area contributed by atoms with Gasteiger partial charge in [0.2, 0.25) is 5.91 Å². The summed E-state index contributed by atoms with van der Waals surface area (Å²) in [5, 5.41) is 2.24. The van der Waals surface area contributed by atoms with Crippen LogP contribution in [0.3, 0.4) is 0 Å². The zero-order valence-corrected chi connectivity index (χ0v) is 11.2. The number of alkyl halides is 3. The molecule has 2 rings (SSSR count). The molecule has 1 amide bonds. The SMILES string of the molecule is NC1CCCC(C(=O)Nc2cc(C(F)(F)F)ccc2F)C1. The van der Waals surface area contributed by atoms with Crippen molar-refractivity contribution in [2.24, 2.45) is 11.7 Å². The van der Waals surface area contributed by atoms with Crippen molar-refractivity contribution in [3.05, 3.63) is 29.6 Å². The van der Waals surface area contributed by atoms with Crippen LogP contribution in [0.5, 0.6) is 0 Å². The van der Waals surface area contributed by atoms with E-state index in [4.69, 9.17) is 5.73 Å². The fourth-order valence-corrected chi connectivity index (χ4v) is 2.50. The highest BCUT2D eigenvalue weighted by Crippen LogP contribution is 2.32. The second kappa shape index (κ2) is 6.01. The van der Waals surface area contributed by atoms with Gasteiger partial charge in [-0.3, -0.25) is 4.79 Å². The molecule has 1 aliphatic rings. The van der Waals surface area contributed by atoms with E-state index in [0.29, 0.717) is 31.0 Å². The molecule has 0 saturated heterocycles. The smallest absolute Gasteiger partial charge is 0.328 e. The molecule has 0 aliphatic heterocycles. The first-order valence-corrected chi connectivity index (χ1v) is 6.70. The van der Waals surface area contributed by atoms with Gasteiger partial charge in [-0.15, -0.1) is 0 Å². The Morgan fingerprint density at radius 1 is 1.29 bits per heavy atom. The number of hydrogen-bond donors (Lipinski definition) is 2. The third kappa shape index (κ3) is 3.93. The first-order chi connectivity index (χ1) is 9.77. The monoisotopic (exact) mass is 304 g/mol. The van der Waals surface area contributed by atoms with Crippen LogP contribution in [-0.4, -0.2) is 11.9 Å². The number of nitrogens with two attached hydrogens (primary N) is 1. The molecule has 0 aromatic heterocycles. The molecule has 0 heterocycles. The van der Waals surface area contributed by atoms with E-state index < -0.39 is 29.2 Å². The molecule has 1 aromatic carbocycles. The lowest BCUT2D eigenvalue weighted by Gasteiger charge is -2.25. The number of carbonyl (C=O) groups is 1. The molecule has 0 bridgehead atoms. The summed E-state index contributed by atoms with van der Waals surface area (Å²) in [7, 11) is 0. The van der Waals surface area contributed by atoms with Gasteiger partial charge in [0.25, 0.3) is 0 Å². The van der Waals surface area contributed by atoms with Crippen LogP contribution in [-0.2, 0) is 11.0 Å². The average molecular weight is 304 g/mol. The minimum atomic E-state index is -4.58. The van der Waals surface area contributed by atoms with Crippen molar-refractivity contribution in [1.82, 2.24) is 0 Å². The zero-order chi connectivity index (χ0) is 15.6. The minimum Gasteiger partial charge on any atom is -0.328 e. The summed E-state index contributed by atoms with van der Waals surface area (Å²) in [5.74, 6) is -1.76. The molecule has 21 heavy (non-hydrogen) atoms. The molecular weight excluding hydrogens is 288 g/mol. The van der Waals surface area contributed by atoms with Gasteiger partial charge in [-0.25, -0.2) is 4.39 Å². The van der Waals surface area contributed by atoms with Gasteiger partial charge in [0.1, 0.15) is 5.82 Å². The molecule has 1 fully saturated rings. The fourth-order valence-electron chi connectivity index (χ4n) is 2.50. The van der Waals surface area contributed by atoms with Gasteiger partial charge in [0.05, 0.1) is 11.3 Å². The Hall–Kier alpha value is -1.63. The molecule has 116 valence electrons. The lowest BCUT2D eigenvalue weighted by atomic mass is 9.85. The Morgan fingerprint density at radius 2 is 2.00 bits per heavy atom. The number of nitrogens with one attached hydrogen (secondary N) is 1. The van der Waals surface area contributed by atoms with Crippen molar-refractivity contribution in [2.45, 2.75) is 37.9 Å². The molecule has 0 spiro atoms. The largest absolute Gasteiger partial charge is 0.416 e. The van der Waals surface area contributed by atoms with Crippen LogP contribution in [0.15, 0.2) is 18.2 Å². The third-order valence-electron chi connectivity index (χ3n) is 3.64. The van der Waals surface area contributed by atoms with E-state index in [9.17, 15) is 22.4 Å². The third-order valence-corrected chi connectivity index (χ3v) is 3.64. The number of amides is 1. The molecule has 3 N–H and O–H groups in total. The van der Waals surface area contributed by atoms with Gasteiger partial charge in [-0.1, -0.05) is 6.42 Å². The Kier molecular flexibility index (Phi) is 4.51. The Morgan fingerprint density at radius 3 is 2.62 bits per heavy atom. The van der Waals surface area contributed by atoms with Gasteiger partial charge < -0.3 is 11.1 Å². The number of rotatable bonds is 2. The summed E-state index contributed by atoms with van der Waals surface area (Å²) < 4.78 is 51.3. The van der Waals surface area contributed by atoms with E-state index >= 15 is 0 Å². The summed E-state index contributed by atoms with van der Waals surface area (Å²) in [6.07, 6.45) is -1.90. The van der Waals surface area contributed by atoms with Crippen molar-refractivity contribution >= 4 is 11.6 Å². The minimum absolute atomic E-state index is 0.0964. The summed E-state index contributed by atoms with van der Waals surface area (Å²) >= 11 is 0. The van der Waals surface area contributed by atoms with Crippen molar-refractivity contribution in [3.63, 3.8) is 0 Å². The summed E-state index contributed by atoms with van der Waals surface area (Å²) in [6.45, 7) is 0. The van der Waals surface area contributed by atoms with Crippen LogP contribution >= 0.6 is 0 Å². The van der Waals surface area contributed by atoms with Gasteiger partial charge in [0.15, 0.2) is 0 Å². The lowest BCUT2D eigenvalue weighted by Crippen LogP contribution is -2.34. The normalized spacial score (nSPS) is 22.9. The number of carbonyl (C=O) groups excluding carboxylic acids is 1. The highest BCUT2D eigenvalue weighted by molar-refractivity contribution is 5.92. The van der Waals surface area contributed by atoms with Gasteiger partial charge in [0, 0.05) is 12.0 Å². The molecule has 2 unspecified atom stereocenters. The maximum Gasteiger partial charge on any atom is 0.416 e. The topological polar surface area (TPSA) is 55.1 Å². The molecule has 1 aromatic rings. The molecule has 7 heteroatoms. The number of anilines is 1. The fraction of sp³-hybridized carbons (Fsp3) is 0.500. The second-order valence-corrected chi connectivity index (χ2v) is 5.31. The Labute approximate surface area is 119 Å². The van der Waals surface area contributed by atoms with Crippen LogP contribution in [0.4, 0.5) is 23.2 Å². The number of halogens is 4. The van der Waals surface area contributed by atoms with Crippen LogP contribution in [0.1, 0.15) is 31.2 Å². The van der Waals surface area contributed by atoms with E-state index in [1.807, 2.05) is 0 Å². The van der Waals surface area contributed by atoms with Crippen LogP contribution in [0.25, 0.3) is 0 Å². The van der Waals surface area contributed by atoms with E-state index in [1.54, 1.807) is 0 Å². The number of benzene rings is 1. The van der Waals surface area contributed by atoms with Crippen LogP contribution in [0.2, 0.25) is 0 Å². The zero-order valence-electron chi connectivity index (χ0n) is 11.2. The van der Waals surface area contributed by atoms with Crippen molar-refractivity contribution in [2.75, 3.05) is 5.32 Å². The van der Waals surface area contributed by atoms with E-state index in [-0.39, 0.29) is 12.0 Å². The molecule has 2 atom stereocenters. The lowest BCUT2D eigenvalue weighted by molar-refractivity contribution is -0.137. The highest BCUT2D eigenvalue weighted by Gasteiger charge is 2.32. The molecule has 1 saturated carbocycles. The van der Waals surface area contributed by atoms with Gasteiger partial charge >= 0.3 is 6.18 Å². The van der Waals surface area contributed by atoms with E-state index in [2.05, 4.69) is 5.32 Å². The van der Waals surface area contributed by atoms with Crippen molar-refractivity contribution < 1.29 is 22.4 Å². The van der Waals surface area contributed by atoms with Gasteiger partial charge in [-0.05, 0) is 37.5 Å². The molecular formula is C14H16F4N2O. The van der Waals surface area contributed by atoms with Gasteiger partial charge in [-0.2, -0.15) is 13.2 Å². The highest BCUT2D eigenvalue weighted by atomic mass is 19.4. The summed E-state index contributed by atoms with van der Waals surface area (Å²) in [6, 6.07) is 1.85. The average Bonchev–Trinajstić information content (AvgIpc) is 2.40. The van der Waals surface area contributed by atoms with E-state index in [1.165, 1.54) is 0 Å². The molecule has 3 nitrogen and oxygen atoms in total. The Bertz CT molecular complexity index is 530.